The van der Waals surface area contributed by atoms with Crippen molar-refractivity contribution in [1.82, 2.24) is 9.97 Å². The predicted octanol–water partition coefficient (Wildman–Crippen LogP) is -0.262. The Morgan fingerprint density at radius 3 is 2.50 bits per heavy atom. The van der Waals surface area contributed by atoms with Crippen molar-refractivity contribution in [3.63, 3.8) is 0 Å². The molecule has 0 fully saturated rings. The Kier molecular flexibility index (Phi) is 2.98. The minimum atomic E-state index is -3.79. The zero-order valence-corrected chi connectivity index (χ0v) is 8.03. The second-order valence-corrected chi connectivity index (χ2v) is 7.55. The molecule has 0 amide bonds. The van der Waals surface area contributed by atoms with Gasteiger partial charge >= 0.3 is 0 Å². The molecule has 12 heavy (non-hydrogen) atoms. The maximum atomic E-state index is 8.91. The van der Waals surface area contributed by atoms with E-state index in [1.807, 2.05) is 0 Å². The molecule has 0 saturated carbocycles. The quantitative estimate of drug-likeness (QED) is 0.437. The normalized spacial score (nSPS) is 14.3. The monoisotopic (exact) mass is 208 g/mol. The van der Waals surface area contributed by atoms with Crippen LogP contribution in [0.1, 0.15) is 0 Å². The molecular weight excluding hydrogens is 199 g/mol. The molecule has 0 aliphatic heterocycles. The van der Waals surface area contributed by atoms with E-state index >= 15 is 0 Å². The molecule has 0 spiro atoms. The third-order valence-electron chi connectivity index (χ3n) is 1.22. The summed E-state index contributed by atoms with van der Waals surface area (Å²) in [6.45, 7) is -3.79. The van der Waals surface area contributed by atoms with E-state index in [0.29, 0.717) is 5.03 Å². The fourth-order valence-electron chi connectivity index (χ4n) is 0.579. The van der Waals surface area contributed by atoms with Crippen molar-refractivity contribution in [3.8, 4) is 0 Å². The summed E-state index contributed by atoms with van der Waals surface area (Å²) in [5.74, 6) is 0. The highest BCUT2D eigenvalue weighted by Crippen LogP contribution is 2.37. The van der Waals surface area contributed by atoms with Gasteiger partial charge in [-0.1, -0.05) is 10.1 Å². The van der Waals surface area contributed by atoms with Crippen LogP contribution >= 0.6 is 6.72 Å². The summed E-state index contributed by atoms with van der Waals surface area (Å²) in [7, 11) is -1.02. The van der Waals surface area contributed by atoms with Gasteiger partial charge in [0.15, 0.2) is 0 Å². The van der Waals surface area contributed by atoms with Crippen LogP contribution in [-0.2, 0) is 10.1 Å². The summed E-state index contributed by atoms with van der Waals surface area (Å²) in [6.07, 6.45) is 4.31. The van der Waals surface area contributed by atoms with Crippen molar-refractivity contribution in [1.29, 1.82) is 0 Å². The van der Waals surface area contributed by atoms with E-state index in [2.05, 4.69) is 9.97 Å². The number of hydrogen-bond donors (Lipinski definition) is 3. The average molecular weight is 208 g/mol. The van der Waals surface area contributed by atoms with Gasteiger partial charge in [0.25, 0.3) is 6.72 Å². The topological polar surface area (TPSA) is 86.5 Å². The second-order valence-electron chi connectivity index (χ2n) is 2.04. The first-order chi connectivity index (χ1) is 5.52. The highest BCUT2D eigenvalue weighted by Gasteiger charge is 2.10. The van der Waals surface area contributed by atoms with Gasteiger partial charge in [0.2, 0.25) is 0 Å². The Balaban J connectivity index is 3.19. The molecule has 0 saturated heterocycles. The van der Waals surface area contributed by atoms with Crippen LogP contribution in [0.2, 0.25) is 0 Å². The molecule has 68 valence electrons. The van der Waals surface area contributed by atoms with E-state index in [0.717, 1.165) is 0 Å². The van der Waals surface area contributed by atoms with Crippen molar-refractivity contribution in [2.75, 3.05) is 6.26 Å². The fourth-order valence-corrected chi connectivity index (χ4v) is 2.36. The van der Waals surface area contributed by atoms with Crippen LogP contribution in [0.4, 0.5) is 0 Å². The van der Waals surface area contributed by atoms with Gasteiger partial charge in [-0.3, -0.25) is 0 Å². The third kappa shape index (κ3) is 2.36. The summed E-state index contributed by atoms with van der Waals surface area (Å²) < 4.78 is 0. The van der Waals surface area contributed by atoms with Crippen molar-refractivity contribution in [2.45, 2.75) is 5.03 Å². The molecule has 1 heterocycles. The molecule has 1 aromatic heterocycles. The van der Waals surface area contributed by atoms with Gasteiger partial charge < -0.3 is 14.7 Å². The van der Waals surface area contributed by atoms with Gasteiger partial charge in [0.05, 0.1) is 5.03 Å². The molecule has 1 unspecified atom stereocenters. The molecule has 0 radical (unpaired) electrons. The van der Waals surface area contributed by atoms with Gasteiger partial charge in [0, 0.05) is 6.20 Å². The van der Waals surface area contributed by atoms with Crippen LogP contribution in [0.15, 0.2) is 23.6 Å². The van der Waals surface area contributed by atoms with Crippen LogP contribution in [0.25, 0.3) is 0 Å². The molecule has 0 aliphatic rings. The molecule has 1 rings (SSSR count). The van der Waals surface area contributed by atoms with E-state index in [-0.39, 0.29) is 0 Å². The number of rotatable bonds is 1. The van der Waals surface area contributed by atoms with E-state index in [1.165, 1.54) is 18.8 Å². The Labute approximate surface area is 71.9 Å². The van der Waals surface area contributed by atoms with Crippen molar-refractivity contribution in [3.05, 3.63) is 18.6 Å². The molecule has 7 heteroatoms. The highest BCUT2D eigenvalue weighted by molar-refractivity contribution is 8.27. The van der Waals surface area contributed by atoms with Gasteiger partial charge in [-0.15, -0.1) is 0 Å². The summed E-state index contributed by atoms with van der Waals surface area (Å²) in [5, 5.41) is 0.450. The Morgan fingerprint density at radius 2 is 2.08 bits per heavy atom. The Hall–Kier alpha value is -0.260. The van der Waals surface area contributed by atoms with E-state index in [1.54, 1.807) is 6.07 Å². The maximum Gasteiger partial charge on any atom is 0.282 e. The summed E-state index contributed by atoms with van der Waals surface area (Å²) >= 11 is 0. The van der Waals surface area contributed by atoms with E-state index in [9.17, 15) is 0 Å². The van der Waals surface area contributed by atoms with Crippen LogP contribution in [0.3, 0.4) is 0 Å². The standard InChI is InChI=1S/C5H9N2O3PS/c1-12(11(8,9)10)5-2-3-6-4-7-5/h2-4,8-10H,1H3. The van der Waals surface area contributed by atoms with Gasteiger partial charge in [-0.25, -0.2) is 9.97 Å². The lowest BCUT2D eigenvalue weighted by molar-refractivity contribution is 0.362. The van der Waals surface area contributed by atoms with Gasteiger partial charge in [-0.05, 0) is 12.3 Å². The zero-order valence-electron chi connectivity index (χ0n) is 6.32. The minimum absolute atomic E-state index is 0.450. The summed E-state index contributed by atoms with van der Waals surface area (Å²) in [5.41, 5.74) is 0. The first-order valence-electron chi connectivity index (χ1n) is 3.02. The number of hydrogen-bond acceptors (Lipinski definition) is 2. The molecule has 0 aromatic carbocycles. The number of aromatic nitrogens is 2. The zero-order chi connectivity index (χ0) is 9.19. The van der Waals surface area contributed by atoms with E-state index in [4.69, 9.17) is 14.7 Å². The predicted molar refractivity (Wildman–Crippen MR) is 47.2 cm³/mol. The minimum Gasteiger partial charge on any atom is -0.328 e. The third-order valence-corrected chi connectivity index (χ3v) is 5.57. The van der Waals surface area contributed by atoms with Crippen molar-refractivity contribution < 1.29 is 14.7 Å². The Morgan fingerprint density at radius 1 is 1.42 bits per heavy atom. The molecule has 1 atom stereocenters. The molecule has 5 nitrogen and oxygen atoms in total. The van der Waals surface area contributed by atoms with Crippen LogP contribution in [-0.4, -0.2) is 30.9 Å². The average Bonchev–Trinajstić information content (AvgIpc) is 2.03. The van der Waals surface area contributed by atoms with Crippen LogP contribution in [0.5, 0.6) is 0 Å². The van der Waals surface area contributed by atoms with Crippen molar-refractivity contribution >= 4 is 16.8 Å². The van der Waals surface area contributed by atoms with Crippen LogP contribution < -0.4 is 0 Å². The smallest absolute Gasteiger partial charge is 0.282 e. The molecule has 0 bridgehead atoms. The van der Waals surface area contributed by atoms with Crippen molar-refractivity contribution in [2.24, 2.45) is 0 Å². The SMILES string of the molecule is CS(c1ccncn1)=P(O)(O)O. The highest BCUT2D eigenvalue weighted by atomic mass is 32.5. The van der Waals surface area contributed by atoms with Crippen LogP contribution in [0, 0.1) is 0 Å². The fraction of sp³-hybridized carbons (Fsp3) is 0.200. The molecular formula is C5H9N2O3PS. The molecule has 1 aromatic rings. The molecule has 0 aliphatic carbocycles. The lowest BCUT2D eigenvalue weighted by atomic mass is 10.7. The maximum absolute atomic E-state index is 8.91. The second kappa shape index (κ2) is 3.64. The number of nitrogens with zero attached hydrogens (tertiary/aromatic N) is 2. The lowest BCUT2D eigenvalue weighted by Gasteiger charge is -2.08. The molecule has 3 N–H and O–H groups in total. The van der Waals surface area contributed by atoms with E-state index < -0.39 is 16.8 Å². The lowest BCUT2D eigenvalue weighted by Crippen LogP contribution is -1.95. The first-order valence-corrected chi connectivity index (χ1v) is 6.90. The van der Waals surface area contributed by atoms with Gasteiger partial charge in [0.1, 0.15) is 6.33 Å². The summed E-state index contributed by atoms with van der Waals surface area (Å²) in [4.78, 5) is 34.2. The summed E-state index contributed by atoms with van der Waals surface area (Å²) in [6, 6.07) is 1.54. The first kappa shape index (κ1) is 9.83. The Bertz CT molecular complexity index is 314. The largest absolute Gasteiger partial charge is 0.328 e. The van der Waals surface area contributed by atoms with Gasteiger partial charge in [-0.2, -0.15) is 0 Å².